The number of nitrogens with one attached hydrogen (secondary N) is 1. The second-order valence-corrected chi connectivity index (χ2v) is 7.30. The lowest BCUT2D eigenvalue weighted by molar-refractivity contribution is -0.127. The quantitative estimate of drug-likeness (QED) is 0.133. The van der Waals surface area contributed by atoms with Crippen LogP contribution in [0.2, 0.25) is 0 Å². The van der Waals surface area contributed by atoms with Crippen molar-refractivity contribution in [2.24, 2.45) is 21.0 Å². The van der Waals surface area contributed by atoms with Gasteiger partial charge < -0.3 is 34.7 Å². The standard InChI is InChI=1S/C18H27N10O5P/c1-2-16(25-27-21)30-9-15(29)22-5-3-4-12-7-28(10-23-18(12)19)17-6-13(31-11-24-26-20)14(33-17)8-32-34/h7,13-14,16-17H,2,5-6,8-11,34H2,1H3,(H2,19,23)(H,22,29). The van der Waals surface area contributed by atoms with E-state index in [1.807, 2.05) is 4.90 Å². The molecule has 15 nitrogen and oxygen atoms in total. The average Bonchev–Trinajstić information content (AvgIpc) is 3.23. The third-order valence-electron chi connectivity index (χ3n) is 4.73. The maximum Gasteiger partial charge on any atom is 0.246 e. The lowest BCUT2D eigenvalue weighted by atomic mass is 10.1. The summed E-state index contributed by atoms with van der Waals surface area (Å²) in [5.74, 6) is 5.59. The number of hydrogen-bond acceptors (Lipinski definition) is 10. The Balaban J connectivity index is 1.91. The van der Waals surface area contributed by atoms with Gasteiger partial charge in [-0.3, -0.25) is 4.79 Å². The fourth-order valence-electron chi connectivity index (χ4n) is 3.06. The molecule has 2 aliphatic heterocycles. The summed E-state index contributed by atoms with van der Waals surface area (Å²) in [4.78, 5) is 23.3. The van der Waals surface area contributed by atoms with Gasteiger partial charge in [0.1, 0.15) is 44.4 Å². The molecule has 0 aromatic rings. The second kappa shape index (κ2) is 15.0. The summed E-state index contributed by atoms with van der Waals surface area (Å²) in [5, 5.41) is 9.41. The highest BCUT2D eigenvalue weighted by Gasteiger charge is 2.38. The lowest BCUT2D eigenvalue weighted by Crippen LogP contribution is -2.36. The van der Waals surface area contributed by atoms with Crippen molar-refractivity contribution in [2.75, 3.05) is 33.2 Å². The number of azide groups is 2. The average molecular weight is 494 g/mol. The van der Waals surface area contributed by atoms with Crippen LogP contribution in [0, 0.1) is 11.8 Å². The van der Waals surface area contributed by atoms with Gasteiger partial charge in [-0.05, 0) is 17.5 Å². The van der Waals surface area contributed by atoms with Crippen molar-refractivity contribution < 1.29 is 23.5 Å². The van der Waals surface area contributed by atoms with Gasteiger partial charge >= 0.3 is 0 Å². The SMILES string of the molecule is CCC(N=[N+]=[N-])OCC(=O)NCC#CC1=CN(C2CC(OCN=[N+]=[N-])C(COP)O2)CN=C1N. The third-order valence-corrected chi connectivity index (χ3v) is 4.92. The van der Waals surface area contributed by atoms with Gasteiger partial charge in [-0.15, -0.1) is 0 Å². The van der Waals surface area contributed by atoms with Crippen molar-refractivity contribution in [3.63, 3.8) is 0 Å². The Bertz CT molecular complexity index is 922. The van der Waals surface area contributed by atoms with E-state index >= 15 is 0 Å². The predicted octanol–water partition coefficient (Wildman–Crippen LogP) is 1.26. The first-order chi connectivity index (χ1) is 16.5. The highest BCUT2D eigenvalue weighted by atomic mass is 31.0. The van der Waals surface area contributed by atoms with E-state index in [9.17, 15) is 4.79 Å². The van der Waals surface area contributed by atoms with Gasteiger partial charge in [0.15, 0.2) is 0 Å². The van der Waals surface area contributed by atoms with E-state index in [-0.39, 0.29) is 57.4 Å². The van der Waals surface area contributed by atoms with Gasteiger partial charge in [0.2, 0.25) is 5.91 Å². The van der Waals surface area contributed by atoms with Gasteiger partial charge in [0.05, 0.1) is 24.8 Å². The molecule has 2 rings (SSSR count). The normalized spacial score (nSPS) is 22.3. The van der Waals surface area contributed by atoms with E-state index in [4.69, 9.17) is 35.5 Å². The molecular weight excluding hydrogens is 467 g/mol. The number of nitrogens with two attached hydrogens (primary N) is 1. The molecule has 1 amide bonds. The van der Waals surface area contributed by atoms with Crippen LogP contribution in [0.5, 0.6) is 0 Å². The summed E-state index contributed by atoms with van der Waals surface area (Å²) in [6.45, 7) is 2.04. The predicted molar refractivity (Wildman–Crippen MR) is 124 cm³/mol. The maximum atomic E-state index is 11.8. The fourth-order valence-corrected chi connectivity index (χ4v) is 3.25. The minimum atomic E-state index is -0.694. The molecule has 184 valence electrons. The summed E-state index contributed by atoms with van der Waals surface area (Å²) in [6, 6.07) is 0. The van der Waals surface area contributed by atoms with Crippen LogP contribution >= 0.6 is 9.47 Å². The van der Waals surface area contributed by atoms with Crippen molar-refractivity contribution in [3.8, 4) is 11.8 Å². The van der Waals surface area contributed by atoms with Gasteiger partial charge in [-0.25, -0.2) is 4.99 Å². The first-order valence-electron chi connectivity index (χ1n) is 10.3. The number of amidine groups is 1. The number of rotatable bonds is 12. The summed E-state index contributed by atoms with van der Waals surface area (Å²) in [5.41, 5.74) is 23.3. The summed E-state index contributed by atoms with van der Waals surface area (Å²) in [7, 11) is 2.17. The number of amides is 1. The van der Waals surface area contributed by atoms with Crippen LogP contribution in [0.1, 0.15) is 19.8 Å². The molecule has 16 heteroatoms. The molecule has 1 fully saturated rings. The molecular formula is C18H27N10O5P. The Morgan fingerprint density at radius 3 is 3.06 bits per heavy atom. The summed E-state index contributed by atoms with van der Waals surface area (Å²) in [6.07, 6.45) is 0.950. The van der Waals surface area contributed by atoms with Crippen molar-refractivity contribution >= 4 is 21.2 Å². The second-order valence-electron chi connectivity index (χ2n) is 6.96. The molecule has 2 aliphatic rings. The smallest absolute Gasteiger partial charge is 0.246 e. The summed E-state index contributed by atoms with van der Waals surface area (Å²) >= 11 is 0. The number of carbonyl (C=O) groups excluding carboxylic acids is 1. The first-order valence-corrected chi connectivity index (χ1v) is 10.8. The van der Waals surface area contributed by atoms with Crippen LogP contribution in [0.4, 0.5) is 0 Å². The first kappa shape index (κ1) is 27.2. The van der Waals surface area contributed by atoms with Gasteiger partial charge in [0.25, 0.3) is 0 Å². The fraction of sp³-hybridized carbons (Fsp3) is 0.667. The topological polar surface area (TPSA) is 205 Å². The monoisotopic (exact) mass is 494 g/mol. The van der Waals surface area contributed by atoms with Crippen molar-refractivity contribution in [3.05, 3.63) is 32.7 Å². The van der Waals surface area contributed by atoms with E-state index in [0.29, 0.717) is 18.4 Å². The Labute approximate surface area is 198 Å². The van der Waals surface area contributed by atoms with Crippen LogP contribution in [0.25, 0.3) is 20.9 Å². The molecule has 5 atom stereocenters. The molecule has 5 unspecified atom stereocenters. The number of aliphatic imine (C=N–C) groups is 1. The molecule has 0 aliphatic carbocycles. The van der Waals surface area contributed by atoms with Gasteiger partial charge in [0, 0.05) is 31.9 Å². The zero-order chi connectivity index (χ0) is 24.8. The Morgan fingerprint density at radius 2 is 2.35 bits per heavy atom. The van der Waals surface area contributed by atoms with Crippen molar-refractivity contribution in [2.45, 2.75) is 44.4 Å². The highest BCUT2D eigenvalue weighted by molar-refractivity contribution is 7.09. The Morgan fingerprint density at radius 1 is 1.53 bits per heavy atom. The number of carbonyl (C=O) groups is 1. The Kier molecular flexibility index (Phi) is 12.0. The van der Waals surface area contributed by atoms with E-state index in [1.54, 1.807) is 13.1 Å². The zero-order valence-electron chi connectivity index (χ0n) is 18.6. The molecule has 0 aromatic carbocycles. The largest absolute Gasteiger partial charge is 0.383 e. The molecule has 0 aromatic heterocycles. The minimum Gasteiger partial charge on any atom is -0.383 e. The highest BCUT2D eigenvalue weighted by Crippen LogP contribution is 2.28. The van der Waals surface area contributed by atoms with Gasteiger partial charge in [-0.1, -0.05) is 29.0 Å². The van der Waals surface area contributed by atoms with Crippen LogP contribution < -0.4 is 11.1 Å². The van der Waals surface area contributed by atoms with Crippen LogP contribution in [0.15, 0.2) is 27.0 Å². The number of hydrogen-bond donors (Lipinski definition) is 2. The third kappa shape index (κ3) is 8.70. The van der Waals surface area contributed by atoms with Crippen LogP contribution in [-0.2, 0) is 23.5 Å². The molecule has 0 bridgehead atoms. The van der Waals surface area contributed by atoms with Crippen molar-refractivity contribution in [1.29, 1.82) is 0 Å². The number of nitrogens with zero attached hydrogens (tertiary/aromatic N) is 8. The van der Waals surface area contributed by atoms with E-state index in [2.05, 4.69) is 51.7 Å². The minimum absolute atomic E-state index is 0.0634. The molecule has 3 N–H and O–H groups in total. The number of ether oxygens (including phenoxy) is 3. The lowest BCUT2D eigenvalue weighted by Gasteiger charge is -2.28. The molecule has 0 saturated carbocycles. The van der Waals surface area contributed by atoms with Crippen LogP contribution in [-0.4, -0.2) is 74.5 Å². The molecule has 0 radical (unpaired) electrons. The molecule has 0 spiro atoms. The van der Waals surface area contributed by atoms with Crippen molar-refractivity contribution in [1.82, 2.24) is 10.2 Å². The molecule has 2 heterocycles. The van der Waals surface area contributed by atoms with E-state index < -0.39 is 12.1 Å². The zero-order valence-corrected chi connectivity index (χ0v) is 19.8. The molecule has 34 heavy (non-hydrogen) atoms. The van der Waals surface area contributed by atoms with Gasteiger partial charge in [-0.2, -0.15) is 0 Å². The van der Waals surface area contributed by atoms with E-state index in [0.717, 1.165) is 0 Å². The maximum absolute atomic E-state index is 11.8. The summed E-state index contributed by atoms with van der Waals surface area (Å²) < 4.78 is 21.9. The van der Waals surface area contributed by atoms with E-state index in [1.165, 1.54) is 0 Å². The molecule has 1 saturated heterocycles. The Hall–Kier alpha value is -3.07. The van der Waals surface area contributed by atoms with Crippen LogP contribution in [0.3, 0.4) is 0 Å².